The molecule has 1 aromatic rings. The first-order chi connectivity index (χ1) is 10.3. The normalized spacial score (nSPS) is 33.2. The average Bonchev–Trinajstić information content (AvgIpc) is 3.00. The highest BCUT2D eigenvalue weighted by molar-refractivity contribution is 5.89. The van der Waals surface area contributed by atoms with Crippen LogP contribution in [0.1, 0.15) is 36.0 Å². The van der Waals surface area contributed by atoms with Crippen molar-refractivity contribution in [3.05, 3.63) is 35.9 Å². The Morgan fingerprint density at radius 2 is 1.90 bits per heavy atom. The topological polar surface area (TPSA) is 44.8 Å². The van der Waals surface area contributed by atoms with Crippen LogP contribution >= 0.6 is 0 Å². The molecular weight excluding hydrogens is 268 g/mol. The standard InChI is InChI=1S/C17H20O4/c18-16(12-5-2-1-3-6-12)21-15-11-13-7-8-14(15)17(13)19-9-4-10-20-17/h1-3,5-6,13-15H,4,7-11H2. The molecule has 112 valence electrons. The molecule has 21 heavy (non-hydrogen) atoms. The Morgan fingerprint density at radius 3 is 2.67 bits per heavy atom. The molecule has 2 aliphatic carbocycles. The molecule has 4 rings (SSSR count). The molecule has 3 aliphatic rings. The quantitative estimate of drug-likeness (QED) is 0.785. The van der Waals surface area contributed by atoms with Crippen molar-refractivity contribution in [2.24, 2.45) is 11.8 Å². The van der Waals surface area contributed by atoms with Crippen molar-refractivity contribution < 1.29 is 19.0 Å². The smallest absolute Gasteiger partial charge is 0.338 e. The fourth-order valence-electron chi connectivity index (χ4n) is 4.18. The van der Waals surface area contributed by atoms with Gasteiger partial charge in [-0.3, -0.25) is 0 Å². The fraction of sp³-hybridized carbons (Fsp3) is 0.588. The van der Waals surface area contributed by atoms with E-state index >= 15 is 0 Å². The van der Waals surface area contributed by atoms with E-state index in [9.17, 15) is 4.79 Å². The first-order valence-corrected chi connectivity index (χ1v) is 7.83. The van der Waals surface area contributed by atoms with E-state index in [-0.39, 0.29) is 18.0 Å². The highest BCUT2D eigenvalue weighted by Gasteiger charge is 2.63. The van der Waals surface area contributed by atoms with Crippen LogP contribution in [0, 0.1) is 11.8 Å². The van der Waals surface area contributed by atoms with Crippen molar-refractivity contribution in [2.45, 2.75) is 37.6 Å². The number of rotatable bonds is 2. The van der Waals surface area contributed by atoms with Gasteiger partial charge in [-0.15, -0.1) is 0 Å². The van der Waals surface area contributed by atoms with E-state index in [0.717, 1.165) is 38.9 Å². The Morgan fingerprint density at radius 1 is 1.14 bits per heavy atom. The SMILES string of the molecule is O=C(OC1CC2CCC1C21OCCCO1)c1ccccc1. The van der Waals surface area contributed by atoms with Crippen molar-refractivity contribution in [3.8, 4) is 0 Å². The van der Waals surface area contributed by atoms with E-state index in [1.165, 1.54) is 0 Å². The van der Waals surface area contributed by atoms with E-state index in [4.69, 9.17) is 14.2 Å². The van der Waals surface area contributed by atoms with Gasteiger partial charge in [0, 0.05) is 5.92 Å². The molecule has 2 bridgehead atoms. The van der Waals surface area contributed by atoms with Gasteiger partial charge < -0.3 is 14.2 Å². The summed E-state index contributed by atoms with van der Waals surface area (Å²) in [5, 5.41) is 0. The van der Waals surface area contributed by atoms with Crippen molar-refractivity contribution in [2.75, 3.05) is 13.2 Å². The molecule has 1 saturated heterocycles. The first-order valence-electron chi connectivity index (χ1n) is 7.83. The third-order valence-electron chi connectivity index (χ3n) is 5.09. The summed E-state index contributed by atoms with van der Waals surface area (Å²) in [6.45, 7) is 1.51. The maximum absolute atomic E-state index is 12.2. The number of esters is 1. The largest absolute Gasteiger partial charge is 0.458 e. The molecule has 1 aliphatic heterocycles. The van der Waals surface area contributed by atoms with E-state index in [0.29, 0.717) is 11.5 Å². The summed E-state index contributed by atoms with van der Waals surface area (Å²) in [6, 6.07) is 9.18. The van der Waals surface area contributed by atoms with Crippen LogP contribution in [0.15, 0.2) is 30.3 Å². The van der Waals surface area contributed by atoms with Crippen LogP contribution in [0.25, 0.3) is 0 Å². The Hall–Kier alpha value is -1.39. The molecule has 1 aromatic carbocycles. The molecule has 3 unspecified atom stereocenters. The second kappa shape index (κ2) is 5.11. The minimum Gasteiger partial charge on any atom is -0.458 e. The molecule has 0 N–H and O–H groups in total. The minimum absolute atomic E-state index is 0.0745. The molecule has 0 amide bonds. The summed E-state index contributed by atoms with van der Waals surface area (Å²) >= 11 is 0. The van der Waals surface area contributed by atoms with Crippen LogP contribution in [0.3, 0.4) is 0 Å². The maximum atomic E-state index is 12.2. The van der Waals surface area contributed by atoms with Crippen LogP contribution in [-0.2, 0) is 14.2 Å². The van der Waals surface area contributed by atoms with Crippen LogP contribution in [0.4, 0.5) is 0 Å². The number of hydrogen-bond acceptors (Lipinski definition) is 4. The zero-order chi connectivity index (χ0) is 14.3. The predicted molar refractivity (Wildman–Crippen MR) is 75.7 cm³/mol. The highest BCUT2D eigenvalue weighted by atomic mass is 16.7. The molecule has 1 heterocycles. The zero-order valence-corrected chi connectivity index (χ0v) is 12.0. The molecular formula is C17H20O4. The second-order valence-corrected chi connectivity index (χ2v) is 6.20. The van der Waals surface area contributed by atoms with E-state index in [2.05, 4.69) is 0 Å². The lowest BCUT2D eigenvalue weighted by atomic mass is 9.97. The first kappa shape index (κ1) is 13.3. The van der Waals surface area contributed by atoms with E-state index in [1.54, 1.807) is 12.1 Å². The van der Waals surface area contributed by atoms with Gasteiger partial charge in [0.15, 0.2) is 5.79 Å². The fourth-order valence-corrected chi connectivity index (χ4v) is 4.18. The average molecular weight is 288 g/mol. The maximum Gasteiger partial charge on any atom is 0.338 e. The lowest BCUT2D eigenvalue weighted by molar-refractivity contribution is -0.293. The highest BCUT2D eigenvalue weighted by Crippen LogP contribution is 2.56. The zero-order valence-electron chi connectivity index (χ0n) is 12.0. The molecule has 4 heteroatoms. The van der Waals surface area contributed by atoms with Crippen molar-refractivity contribution in [1.82, 2.24) is 0 Å². The molecule has 0 aromatic heterocycles. The predicted octanol–water partition coefficient (Wildman–Crippen LogP) is 2.78. The van der Waals surface area contributed by atoms with Gasteiger partial charge in [-0.25, -0.2) is 4.79 Å². The van der Waals surface area contributed by atoms with Crippen LogP contribution in [0.2, 0.25) is 0 Å². The van der Waals surface area contributed by atoms with Gasteiger partial charge in [0.25, 0.3) is 0 Å². The Labute approximate surface area is 124 Å². The number of benzene rings is 1. The Bertz CT molecular complexity index is 521. The molecule has 0 radical (unpaired) electrons. The van der Waals surface area contributed by atoms with Gasteiger partial charge in [0.2, 0.25) is 0 Å². The van der Waals surface area contributed by atoms with Crippen LogP contribution < -0.4 is 0 Å². The molecule has 3 atom stereocenters. The lowest BCUT2D eigenvalue weighted by Gasteiger charge is -2.38. The number of carbonyl (C=O) groups excluding carboxylic acids is 1. The Kier molecular flexibility index (Phi) is 3.23. The van der Waals surface area contributed by atoms with Gasteiger partial charge in [-0.05, 0) is 37.8 Å². The molecule has 4 nitrogen and oxygen atoms in total. The second-order valence-electron chi connectivity index (χ2n) is 6.20. The van der Waals surface area contributed by atoms with Crippen molar-refractivity contribution in [3.63, 3.8) is 0 Å². The van der Waals surface area contributed by atoms with Gasteiger partial charge in [0.1, 0.15) is 6.10 Å². The summed E-state index contributed by atoms with van der Waals surface area (Å²) in [4.78, 5) is 12.2. The summed E-state index contributed by atoms with van der Waals surface area (Å²) < 4.78 is 17.8. The van der Waals surface area contributed by atoms with Crippen molar-refractivity contribution >= 4 is 5.97 Å². The van der Waals surface area contributed by atoms with E-state index in [1.807, 2.05) is 18.2 Å². The number of carbonyl (C=O) groups is 1. The monoisotopic (exact) mass is 288 g/mol. The van der Waals surface area contributed by atoms with Gasteiger partial charge in [-0.1, -0.05) is 18.2 Å². The summed E-state index contributed by atoms with van der Waals surface area (Å²) in [5.74, 6) is -0.147. The molecule has 2 saturated carbocycles. The van der Waals surface area contributed by atoms with Gasteiger partial charge in [0.05, 0.1) is 24.7 Å². The summed E-state index contributed by atoms with van der Waals surface area (Å²) in [5.41, 5.74) is 0.611. The minimum atomic E-state index is -0.472. The van der Waals surface area contributed by atoms with Crippen LogP contribution in [0.5, 0.6) is 0 Å². The van der Waals surface area contributed by atoms with E-state index < -0.39 is 5.79 Å². The lowest BCUT2D eigenvalue weighted by Crippen LogP contribution is -2.46. The van der Waals surface area contributed by atoms with Crippen LogP contribution in [-0.4, -0.2) is 31.1 Å². The third-order valence-corrected chi connectivity index (χ3v) is 5.09. The summed E-state index contributed by atoms with van der Waals surface area (Å²) in [6.07, 6.45) is 3.88. The molecule has 3 fully saturated rings. The van der Waals surface area contributed by atoms with Gasteiger partial charge in [-0.2, -0.15) is 0 Å². The van der Waals surface area contributed by atoms with Crippen molar-refractivity contribution in [1.29, 1.82) is 0 Å². The number of ether oxygens (including phenoxy) is 3. The molecule has 1 spiro atoms. The number of hydrogen-bond donors (Lipinski definition) is 0. The summed E-state index contributed by atoms with van der Waals surface area (Å²) in [7, 11) is 0. The third kappa shape index (κ3) is 2.09. The van der Waals surface area contributed by atoms with Gasteiger partial charge >= 0.3 is 5.97 Å². The Balaban J connectivity index is 1.49.